The van der Waals surface area contributed by atoms with Gasteiger partial charge in [-0.05, 0) is 30.2 Å². The molecule has 0 unspecified atom stereocenters. The molecule has 1 saturated heterocycles. The van der Waals surface area contributed by atoms with Crippen LogP contribution in [-0.2, 0) is 21.4 Å². The second kappa shape index (κ2) is 6.33. The van der Waals surface area contributed by atoms with Crippen LogP contribution in [0.2, 0.25) is 0 Å². The van der Waals surface area contributed by atoms with E-state index in [9.17, 15) is 12.8 Å². The maximum atomic E-state index is 13.1. The molecular formula is C14H18FN3O3S. The van der Waals surface area contributed by atoms with Crippen LogP contribution < -0.4 is 4.72 Å². The zero-order chi connectivity index (χ0) is 15.6. The van der Waals surface area contributed by atoms with E-state index in [2.05, 4.69) is 9.71 Å². The van der Waals surface area contributed by atoms with Gasteiger partial charge in [-0.15, -0.1) is 0 Å². The smallest absolute Gasteiger partial charge is 0.279 e. The Bertz CT molecular complexity index is 754. The topological polar surface area (TPSA) is 74.4 Å². The van der Waals surface area contributed by atoms with Crippen LogP contribution in [0.3, 0.4) is 0 Å². The highest BCUT2D eigenvalue weighted by Crippen LogP contribution is 2.19. The van der Waals surface area contributed by atoms with Crippen molar-refractivity contribution in [1.29, 1.82) is 0 Å². The quantitative estimate of drug-likeness (QED) is 0.861. The average Bonchev–Trinajstić information content (AvgIpc) is 2.90. The lowest BCUT2D eigenvalue weighted by molar-refractivity contribution is 0.0725. The van der Waals surface area contributed by atoms with Crippen molar-refractivity contribution in [1.82, 2.24) is 14.0 Å². The Morgan fingerprint density at radius 2 is 2.09 bits per heavy atom. The third-order valence-corrected chi connectivity index (χ3v) is 5.33. The highest BCUT2D eigenvalue weighted by Gasteiger charge is 2.23. The molecule has 8 heteroatoms. The minimum atomic E-state index is -3.46. The summed E-state index contributed by atoms with van der Waals surface area (Å²) in [5, 5.41) is 0.909. The van der Waals surface area contributed by atoms with E-state index in [4.69, 9.17) is 4.74 Å². The average molecular weight is 327 g/mol. The predicted molar refractivity (Wildman–Crippen MR) is 81.3 cm³/mol. The molecule has 0 spiro atoms. The second-order valence-electron chi connectivity index (χ2n) is 5.16. The van der Waals surface area contributed by atoms with Crippen molar-refractivity contribution in [2.45, 2.75) is 6.42 Å². The van der Waals surface area contributed by atoms with E-state index in [0.717, 1.165) is 10.9 Å². The molecule has 2 N–H and O–H groups in total. The number of H-pyrrole nitrogens is 1. The number of hydrogen-bond donors (Lipinski definition) is 2. The minimum absolute atomic E-state index is 0.296. The van der Waals surface area contributed by atoms with E-state index >= 15 is 0 Å². The number of rotatable bonds is 5. The fourth-order valence-corrected chi connectivity index (χ4v) is 3.73. The van der Waals surface area contributed by atoms with Crippen molar-refractivity contribution >= 4 is 21.1 Å². The Labute approximate surface area is 128 Å². The molecule has 22 heavy (non-hydrogen) atoms. The van der Waals surface area contributed by atoms with Gasteiger partial charge < -0.3 is 9.72 Å². The molecule has 2 heterocycles. The molecular weight excluding hydrogens is 309 g/mol. The van der Waals surface area contributed by atoms with E-state index in [1.165, 1.54) is 16.4 Å². The summed E-state index contributed by atoms with van der Waals surface area (Å²) in [5.41, 5.74) is 1.67. The Morgan fingerprint density at radius 3 is 2.86 bits per heavy atom. The van der Waals surface area contributed by atoms with Gasteiger partial charge in [-0.25, -0.2) is 9.11 Å². The van der Waals surface area contributed by atoms with Crippen LogP contribution in [-0.4, -0.2) is 50.6 Å². The summed E-state index contributed by atoms with van der Waals surface area (Å²) >= 11 is 0. The third kappa shape index (κ3) is 3.30. The number of hydrogen-bond acceptors (Lipinski definition) is 3. The number of halogens is 1. The van der Waals surface area contributed by atoms with Crippen molar-refractivity contribution in [2.75, 3.05) is 32.8 Å². The number of ether oxygens (including phenoxy) is 1. The molecule has 1 aliphatic rings. The van der Waals surface area contributed by atoms with E-state index in [-0.39, 0.29) is 5.82 Å². The minimum Gasteiger partial charge on any atom is -0.379 e. The summed E-state index contributed by atoms with van der Waals surface area (Å²) in [6, 6.07) is 4.53. The normalized spacial score (nSPS) is 17.1. The van der Waals surface area contributed by atoms with Crippen LogP contribution in [0, 0.1) is 5.82 Å². The Kier molecular flexibility index (Phi) is 4.44. The molecule has 120 valence electrons. The lowest BCUT2D eigenvalue weighted by atomic mass is 10.1. The Morgan fingerprint density at radius 1 is 1.32 bits per heavy atom. The summed E-state index contributed by atoms with van der Waals surface area (Å²) < 4.78 is 46.5. The first-order valence-corrected chi connectivity index (χ1v) is 8.58. The van der Waals surface area contributed by atoms with E-state index < -0.39 is 10.2 Å². The van der Waals surface area contributed by atoms with Gasteiger partial charge >= 0.3 is 0 Å². The summed E-state index contributed by atoms with van der Waals surface area (Å²) in [6.07, 6.45) is 2.32. The third-order valence-electron chi connectivity index (χ3n) is 3.72. The zero-order valence-electron chi connectivity index (χ0n) is 12.0. The van der Waals surface area contributed by atoms with Crippen molar-refractivity contribution < 1.29 is 17.5 Å². The Balaban J connectivity index is 1.62. The summed E-state index contributed by atoms with van der Waals surface area (Å²) in [4.78, 5) is 3.00. The molecule has 0 atom stereocenters. The van der Waals surface area contributed by atoms with Gasteiger partial charge in [0, 0.05) is 36.7 Å². The molecule has 3 rings (SSSR count). The number of benzene rings is 1. The summed E-state index contributed by atoms with van der Waals surface area (Å²) in [5.74, 6) is -0.297. The fourth-order valence-electron chi connectivity index (χ4n) is 2.56. The van der Waals surface area contributed by atoms with Gasteiger partial charge in [0.15, 0.2) is 0 Å². The van der Waals surface area contributed by atoms with E-state index in [1.807, 2.05) is 0 Å². The molecule has 1 aromatic heterocycles. The van der Waals surface area contributed by atoms with Gasteiger partial charge in [-0.3, -0.25) is 0 Å². The van der Waals surface area contributed by atoms with Crippen LogP contribution in [0.25, 0.3) is 10.9 Å². The van der Waals surface area contributed by atoms with E-state index in [1.54, 1.807) is 12.3 Å². The molecule has 1 aliphatic heterocycles. The molecule has 6 nitrogen and oxygen atoms in total. The van der Waals surface area contributed by atoms with Crippen LogP contribution >= 0.6 is 0 Å². The van der Waals surface area contributed by atoms with Crippen molar-refractivity contribution in [2.24, 2.45) is 0 Å². The van der Waals surface area contributed by atoms with Crippen LogP contribution in [0.5, 0.6) is 0 Å². The first-order valence-electron chi connectivity index (χ1n) is 7.14. The second-order valence-corrected chi connectivity index (χ2v) is 6.92. The molecule has 1 aromatic carbocycles. The van der Waals surface area contributed by atoms with Gasteiger partial charge in [0.25, 0.3) is 10.2 Å². The molecule has 0 radical (unpaired) electrons. The van der Waals surface area contributed by atoms with Crippen molar-refractivity contribution in [3.63, 3.8) is 0 Å². The van der Waals surface area contributed by atoms with Gasteiger partial charge in [0.2, 0.25) is 0 Å². The summed E-state index contributed by atoms with van der Waals surface area (Å²) in [6.45, 7) is 1.90. The van der Waals surface area contributed by atoms with Gasteiger partial charge in [-0.1, -0.05) is 0 Å². The van der Waals surface area contributed by atoms with Gasteiger partial charge in [0.05, 0.1) is 13.2 Å². The molecule has 0 amide bonds. The van der Waals surface area contributed by atoms with Crippen LogP contribution in [0.4, 0.5) is 4.39 Å². The van der Waals surface area contributed by atoms with Crippen molar-refractivity contribution in [3.05, 3.63) is 35.8 Å². The number of aromatic amines is 1. The lowest BCUT2D eigenvalue weighted by Crippen LogP contribution is -2.47. The maximum Gasteiger partial charge on any atom is 0.279 e. The predicted octanol–water partition coefficient (Wildman–Crippen LogP) is 1.02. The number of morpholine rings is 1. The number of nitrogens with one attached hydrogen (secondary N) is 2. The standard InChI is InChI=1S/C14H18FN3O3S/c15-12-1-2-13-11(10-16-14(13)9-12)3-4-17-22(19,20)18-5-7-21-8-6-18/h1-2,9-10,16-17H,3-8H2. The molecule has 2 aromatic rings. The summed E-state index contributed by atoms with van der Waals surface area (Å²) in [7, 11) is -3.46. The molecule has 1 fully saturated rings. The first kappa shape index (κ1) is 15.4. The highest BCUT2D eigenvalue weighted by atomic mass is 32.2. The fraction of sp³-hybridized carbons (Fsp3) is 0.429. The lowest BCUT2D eigenvalue weighted by Gasteiger charge is -2.26. The zero-order valence-corrected chi connectivity index (χ0v) is 12.8. The van der Waals surface area contributed by atoms with Crippen LogP contribution in [0.1, 0.15) is 5.56 Å². The van der Waals surface area contributed by atoms with E-state index in [0.29, 0.717) is 44.8 Å². The van der Waals surface area contributed by atoms with Gasteiger partial charge in [-0.2, -0.15) is 12.7 Å². The van der Waals surface area contributed by atoms with Crippen molar-refractivity contribution in [3.8, 4) is 0 Å². The highest BCUT2D eigenvalue weighted by molar-refractivity contribution is 7.87. The van der Waals surface area contributed by atoms with Gasteiger partial charge in [0.1, 0.15) is 5.82 Å². The molecule has 0 saturated carbocycles. The maximum absolute atomic E-state index is 13.1. The first-order chi connectivity index (χ1) is 10.6. The number of nitrogens with zero attached hydrogens (tertiary/aromatic N) is 1. The van der Waals surface area contributed by atoms with Crippen LogP contribution in [0.15, 0.2) is 24.4 Å². The largest absolute Gasteiger partial charge is 0.379 e. The Hall–Kier alpha value is -1.48. The SMILES string of the molecule is O=S(=O)(NCCc1c[nH]c2cc(F)ccc12)N1CCOCC1. The molecule has 0 bridgehead atoms. The number of aromatic nitrogens is 1. The molecule has 0 aliphatic carbocycles. The number of fused-ring (bicyclic) bond motifs is 1. The monoisotopic (exact) mass is 327 g/mol.